The van der Waals surface area contributed by atoms with Gasteiger partial charge in [-0.3, -0.25) is 0 Å². The lowest BCUT2D eigenvalue weighted by molar-refractivity contribution is 0.261. The highest BCUT2D eigenvalue weighted by molar-refractivity contribution is 7.89. The number of sulfonamides is 1. The summed E-state index contributed by atoms with van der Waals surface area (Å²) in [6, 6.07) is 23.7. The molecule has 1 N–H and O–H groups in total. The van der Waals surface area contributed by atoms with Gasteiger partial charge in [-0.15, -0.1) is 0 Å². The lowest BCUT2D eigenvalue weighted by atomic mass is 10.1. The molecule has 1 aliphatic heterocycles. The van der Waals surface area contributed by atoms with Crippen molar-refractivity contribution < 1.29 is 13.2 Å². The molecule has 0 bridgehead atoms. The van der Waals surface area contributed by atoms with E-state index in [1.54, 1.807) is 53.1 Å². The Morgan fingerprint density at radius 3 is 2.56 bits per heavy atom. The quantitative estimate of drug-likeness (QED) is 0.307. The maximum Gasteiger partial charge on any atom is 0.243 e. The first kappa shape index (κ1) is 28.4. The van der Waals surface area contributed by atoms with E-state index in [1.807, 2.05) is 50.6 Å². The summed E-state index contributed by atoms with van der Waals surface area (Å²) in [5.74, 6) is 0.779. The van der Waals surface area contributed by atoms with E-state index in [-0.39, 0.29) is 11.4 Å². The largest absolute Gasteiger partial charge is 0.492 e. The normalized spacial score (nSPS) is 15.8. The van der Waals surface area contributed by atoms with E-state index in [1.165, 1.54) is 0 Å². The van der Waals surface area contributed by atoms with Crippen molar-refractivity contribution in [1.29, 1.82) is 5.26 Å². The number of benzene rings is 3. The first-order chi connectivity index (χ1) is 19.8. The first-order valence-corrected chi connectivity index (χ1v) is 15.0. The Hall–Kier alpha value is -4.17. The minimum atomic E-state index is -3.86. The molecule has 5 rings (SSSR count). The Morgan fingerprint density at radius 2 is 1.88 bits per heavy atom. The van der Waals surface area contributed by atoms with Gasteiger partial charge in [-0.05, 0) is 74.1 Å². The van der Waals surface area contributed by atoms with Gasteiger partial charge in [-0.2, -0.15) is 9.57 Å². The highest BCUT2D eigenvalue weighted by Gasteiger charge is 2.36. The highest BCUT2D eigenvalue weighted by Crippen LogP contribution is 2.34. The molecule has 0 unspecified atom stereocenters. The maximum atomic E-state index is 14.2. The van der Waals surface area contributed by atoms with Crippen LogP contribution in [-0.4, -0.2) is 67.4 Å². The summed E-state index contributed by atoms with van der Waals surface area (Å²) in [7, 11) is 0.148. The van der Waals surface area contributed by atoms with Gasteiger partial charge in [-0.1, -0.05) is 30.3 Å². The molecule has 0 radical (unpaired) electrons. The molecule has 9 nitrogen and oxygen atoms in total. The number of hydrogen-bond donors (Lipinski definition) is 1. The molecule has 212 valence electrons. The van der Waals surface area contributed by atoms with Gasteiger partial charge in [0, 0.05) is 37.6 Å². The maximum absolute atomic E-state index is 14.2. The number of likely N-dealkylation sites (N-methyl/N-ethyl adjacent to an activating group) is 1. The summed E-state index contributed by atoms with van der Waals surface area (Å²) < 4.78 is 35.8. The molecule has 0 saturated heterocycles. The molecule has 1 aliphatic rings. The van der Waals surface area contributed by atoms with Crippen molar-refractivity contribution in [2.75, 3.05) is 38.7 Å². The zero-order valence-corrected chi connectivity index (χ0v) is 24.1. The van der Waals surface area contributed by atoms with Crippen molar-refractivity contribution in [1.82, 2.24) is 19.2 Å². The Morgan fingerprint density at radius 1 is 1.10 bits per heavy atom. The van der Waals surface area contributed by atoms with E-state index in [0.717, 1.165) is 34.8 Å². The van der Waals surface area contributed by atoms with Gasteiger partial charge in [0.2, 0.25) is 10.0 Å². The zero-order chi connectivity index (χ0) is 28.8. The number of H-pyrrole nitrogens is 1. The van der Waals surface area contributed by atoms with E-state index >= 15 is 0 Å². The van der Waals surface area contributed by atoms with Crippen LogP contribution in [0.1, 0.15) is 22.4 Å². The van der Waals surface area contributed by atoms with Crippen LogP contribution in [0.25, 0.3) is 0 Å². The Labute approximate surface area is 241 Å². The number of aromatic nitrogens is 2. The zero-order valence-electron chi connectivity index (χ0n) is 23.3. The summed E-state index contributed by atoms with van der Waals surface area (Å²) in [5, 5.41) is 9.61. The average molecular weight is 571 g/mol. The smallest absolute Gasteiger partial charge is 0.243 e. The van der Waals surface area contributed by atoms with Crippen molar-refractivity contribution in [3.8, 4) is 11.8 Å². The number of nitrogens with zero attached hydrogens (tertiary/aromatic N) is 5. The third kappa shape index (κ3) is 6.77. The lowest BCUT2D eigenvalue weighted by Gasteiger charge is -2.32. The second-order valence-corrected chi connectivity index (χ2v) is 12.3. The summed E-state index contributed by atoms with van der Waals surface area (Å²) in [5.41, 5.74) is 4.02. The van der Waals surface area contributed by atoms with Crippen molar-refractivity contribution >= 4 is 15.7 Å². The second kappa shape index (κ2) is 12.6. The van der Waals surface area contributed by atoms with Gasteiger partial charge >= 0.3 is 0 Å². The van der Waals surface area contributed by atoms with Crippen LogP contribution >= 0.6 is 0 Å². The van der Waals surface area contributed by atoms with Gasteiger partial charge in [0.25, 0.3) is 0 Å². The van der Waals surface area contributed by atoms with Crippen LogP contribution in [0.2, 0.25) is 0 Å². The Kier molecular flexibility index (Phi) is 8.69. The van der Waals surface area contributed by atoms with E-state index in [9.17, 15) is 13.7 Å². The molecule has 1 aromatic heterocycles. The van der Waals surface area contributed by atoms with E-state index < -0.39 is 16.1 Å². The van der Waals surface area contributed by atoms with Crippen molar-refractivity contribution in [3.05, 3.63) is 108 Å². The van der Waals surface area contributed by atoms with Crippen LogP contribution in [0, 0.1) is 11.3 Å². The molecule has 41 heavy (non-hydrogen) atoms. The van der Waals surface area contributed by atoms with Crippen molar-refractivity contribution in [2.45, 2.75) is 30.4 Å². The molecule has 0 aliphatic carbocycles. The molecule has 3 aromatic carbocycles. The fourth-order valence-corrected chi connectivity index (χ4v) is 6.68. The van der Waals surface area contributed by atoms with Crippen LogP contribution in [-0.2, 0) is 29.5 Å². The third-order valence-corrected chi connectivity index (χ3v) is 9.09. The van der Waals surface area contributed by atoms with Gasteiger partial charge < -0.3 is 19.5 Å². The molecule has 0 saturated carbocycles. The SMILES string of the molecule is CN(C)CCOc1ccc(C[C@@H]2CN(Cc3c[nH]cn3)c3ccc(C#N)cc3CN2S(=O)(=O)c2ccccc2)cc1. The number of hydrogen-bond acceptors (Lipinski definition) is 7. The van der Waals surface area contributed by atoms with Crippen molar-refractivity contribution in [2.24, 2.45) is 0 Å². The standard InChI is InChI=1S/C31H34N6O3S/c1-35(2)14-15-40-29-11-8-24(9-12-29)17-28-22-36(21-27-19-33-23-34-27)31-13-10-25(18-32)16-26(31)20-37(28)41(38,39)30-6-4-3-5-7-30/h3-13,16,19,23,28H,14-15,17,20-22H2,1-2H3,(H,33,34)/t28-/m1/s1. The number of nitriles is 1. The van der Waals surface area contributed by atoms with Crippen LogP contribution < -0.4 is 9.64 Å². The van der Waals surface area contributed by atoms with E-state index in [4.69, 9.17) is 4.74 Å². The summed E-state index contributed by atoms with van der Waals surface area (Å²) >= 11 is 0. The first-order valence-electron chi connectivity index (χ1n) is 13.5. The summed E-state index contributed by atoms with van der Waals surface area (Å²) in [6.07, 6.45) is 3.98. The second-order valence-electron chi connectivity index (χ2n) is 10.4. The molecule has 0 spiro atoms. The molecule has 10 heteroatoms. The number of imidazole rings is 1. The van der Waals surface area contributed by atoms with E-state index in [0.29, 0.717) is 31.7 Å². The number of ether oxygens (including phenoxy) is 1. The van der Waals surface area contributed by atoms with Gasteiger partial charge in [-0.25, -0.2) is 13.4 Å². The predicted octanol–water partition coefficient (Wildman–Crippen LogP) is 4.04. The van der Waals surface area contributed by atoms with Crippen LogP contribution in [0.3, 0.4) is 0 Å². The molecule has 1 atom stereocenters. The highest BCUT2D eigenvalue weighted by atomic mass is 32.2. The molecule has 0 amide bonds. The van der Waals surface area contributed by atoms with Gasteiger partial charge in [0.1, 0.15) is 12.4 Å². The molecule has 0 fully saturated rings. The van der Waals surface area contributed by atoms with Gasteiger partial charge in [0.05, 0.1) is 35.1 Å². The third-order valence-electron chi connectivity index (χ3n) is 7.17. The fraction of sp³-hybridized carbons (Fsp3) is 0.290. The minimum Gasteiger partial charge on any atom is -0.492 e. The monoisotopic (exact) mass is 570 g/mol. The Bertz CT molecular complexity index is 1580. The fourth-order valence-electron chi connectivity index (χ4n) is 5.07. The number of aromatic amines is 1. The lowest BCUT2D eigenvalue weighted by Crippen LogP contribution is -2.45. The number of anilines is 1. The van der Waals surface area contributed by atoms with Crippen LogP contribution in [0.15, 0.2) is 90.2 Å². The summed E-state index contributed by atoms with van der Waals surface area (Å²) in [4.78, 5) is 11.9. The molecule has 4 aromatic rings. The summed E-state index contributed by atoms with van der Waals surface area (Å²) in [6.45, 7) is 2.49. The predicted molar refractivity (Wildman–Crippen MR) is 158 cm³/mol. The average Bonchev–Trinajstić information content (AvgIpc) is 3.44. The van der Waals surface area contributed by atoms with Crippen LogP contribution in [0.5, 0.6) is 5.75 Å². The van der Waals surface area contributed by atoms with Gasteiger partial charge in [0.15, 0.2) is 0 Å². The number of nitrogens with one attached hydrogen (secondary N) is 1. The topological polar surface area (TPSA) is 106 Å². The minimum absolute atomic E-state index is 0.148. The number of fused-ring (bicyclic) bond motifs is 1. The molecular formula is C31H34N6O3S. The Balaban J connectivity index is 1.51. The van der Waals surface area contributed by atoms with E-state index in [2.05, 4.69) is 25.8 Å². The number of rotatable bonds is 10. The molecular weight excluding hydrogens is 536 g/mol. The van der Waals surface area contributed by atoms with Crippen molar-refractivity contribution in [3.63, 3.8) is 0 Å². The van der Waals surface area contributed by atoms with Crippen LogP contribution in [0.4, 0.5) is 5.69 Å². The molecule has 2 heterocycles.